The molecule has 0 saturated carbocycles. The van der Waals surface area contributed by atoms with Crippen molar-refractivity contribution >= 4 is 88.2 Å². The minimum Gasteiger partial charge on any atom is -0.454 e. The largest absolute Gasteiger partial charge is 0.454 e. The van der Waals surface area contributed by atoms with Gasteiger partial charge in [-0.2, -0.15) is 0 Å². The maximum absolute atomic E-state index is 6.79. The lowest BCUT2D eigenvalue weighted by atomic mass is 10.1. The molecular weight excluding hydrogens is 633 g/mol. The summed E-state index contributed by atoms with van der Waals surface area (Å²) in [6.07, 6.45) is 0. The van der Waals surface area contributed by atoms with Crippen LogP contribution < -0.4 is 0 Å². The van der Waals surface area contributed by atoms with Crippen molar-refractivity contribution in [2.75, 3.05) is 0 Å². The zero-order valence-corrected chi connectivity index (χ0v) is 27.3. The fourth-order valence-corrected chi connectivity index (χ4v) is 9.35. The summed E-state index contributed by atoms with van der Waals surface area (Å²) in [4.78, 5) is 13.3. The minimum atomic E-state index is 0.622. The van der Waals surface area contributed by atoms with Crippen LogP contribution in [-0.4, -0.2) is 19.1 Å². The molecule has 1 aliphatic rings. The molecule has 0 amide bonds. The van der Waals surface area contributed by atoms with Gasteiger partial charge in [0.1, 0.15) is 11.1 Å². The Kier molecular flexibility index (Phi) is 5.11. The zero-order chi connectivity index (χ0) is 32.5. The van der Waals surface area contributed by atoms with Gasteiger partial charge in [0, 0.05) is 58.7 Å². The predicted octanol–water partition coefficient (Wildman–Crippen LogP) is 11.9. The number of hydrogen-bond acceptors (Lipinski definition) is 4. The van der Waals surface area contributed by atoms with Crippen LogP contribution in [0, 0.1) is 0 Å². The Hall–Kier alpha value is -6.37. The zero-order valence-electron chi connectivity index (χ0n) is 26.5. The molecule has 0 radical (unpaired) electrons. The molecule has 232 valence electrons. The first-order valence-corrected chi connectivity index (χ1v) is 17.6. The van der Waals surface area contributed by atoms with Crippen LogP contribution in [0.2, 0.25) is 0 Å². The Morgan fingerprint density at radius 2 is 1.16 bits per heavy atom. The quantitative estimate of drug-likeness (QED) is 0.186. The van der Waals surface area contributed by atoms with Gasteiger partial charge in [-0.25, -0.2) is 9.97 Å². The highest BCUT2D eigenvalue weighted by Gasteiger charge is 2.27. The van der Waals surface area contributed by atoms with Gasteiger partial charge in [0.2, 0.25) is 5.95 Å². The molecule has 0 atom stereocenters. The second-order valence-electron chi connectivity index (χ2n) is 12.9. The molecule has 50 heavy (non-hydrogen) atoms. The van der Waals surface area contributed by atoms with Crippen molar-refractivity contribution in [3.63, 3.8) is 0 Å². The molecule has 11 aromatic rings. The molecular formula is C44H24N4OS. The lowest BCUT2D eigenvalue weighted by molar-refractivity contribution is 0.671. The van der Waals surface area contributed by atoms with Crippen LogP contribution in [0.25, 0.3) is 99.3 Å². The van der Waals surface area contributed by atoms with Gasteiger partial charge in [0.15, 0.2) is 5.58 Å². The maximum atomic E-state index is 6.79. The van der Waals surface area contributed by atoms with Gasteiger partial charge in [0.25, 0.3) is 0 Å². The Bertz CT molecular complexity index is 3240. The third kappa shape index (κ3) is 3.38. The Balaban J connectivity index is 1.35. The summed E-state index contributed by atoms with van der Waals surface area (Å²) in [5.74, 6) is 0.622. The highest BCUT2D eigenvalue weighted by Crippen LogP contribution is 2.48. The first-order chi connectivity index (χ1) is 24.8. The van der Waals surface area contributed by atoms with Gasteiger partial charge >= 0.3 is 0 Å². The molecule has 4 aromatic heterocycles. The van der Waals surface area contributed by atoms with E-state index < -0.39 is 0 Å². The van der Waals surface area contributed by atoms with Crippen molar-refractivity contribution < 1.29 is 4.42 Å². The van der Waals surface area contributed by atoms with Crippen LogP contribution in [-0.2, 0) is 0 Å². The van der Waals surface area contributed by atoms with Gasteiger partial charge in [-0.15, -0.1) is 0 Å². The summed E-state index contributed by atoms with van der Waals surface area (Å²) >= 11 is 1.79. The van der Waals surface area contributed by atoms with Gasteiger partial charge in [0.05, 0.1) is 27.8 Å². The van der Waals surface area contributed by atoms with E-state index in [4.69, 9.17) is 14.4 Å². The third-order valence-corrected chi connectivity index (χ3v) is 11.5. The highest BCUT2D eigenvalue weighted by atomic mass is 32.2. The number of hydrogen-bond donors (Lipinski definition) is 0. The van der Waals surface area contributed by atoms with Gasteiger partial charge in [-0.05, 0) is 48.5 Å². The minimum absolute atomic E-state index is 0.622. The first kappa shape index (κ1) is 26.6. The van der Waals surface area contributed by atoms with E-state index in [0.29, 0.717) is 5.95 Å². The van der Waals surface area contributed by atoms with Crippen molar-refractivity contribution in [3.05, 3.63) is 146 Å². The third-order valence-electron chi connectivity index (χ3n) is 10.3. The lowest BCUT2D eigenvalue weighted by Gasteiger charge is -2.20. The summed E-state index contributed by atoms with van der Waals surface area (Å²) in [5, 5.41) is 7.85. The van der Waals surface area contributed by atoms with Crippen molar-refractivity contribution in [2.24, 2.45) is 0 Å². The van der Waals surface area contributed by atoms with E-state index in [1.807, 2.05) is 12.1 Å². The van der Waals surface area contributed by atoms with Crippen LogP contribution in [0.3, 0.4) is 0 Å². The Morgan fingerprint density at radius 3 is 2.06 bits per heavy atom. The van der Waals surface area contributed by atoms with Crippen LogP contribution in [0.4, 0.5) is 0 Å². The number of para-hydroxylation sites is 3. The number of rotatable bonds is 2. The molecule has 5 nitrogen and oxygen atoms in total. The summed E-state index contributed by atoms with van der Waals surface area (Å²) < 4.78 is 11.5. The van der Waals surface area contributed by atoms with E-state index in [-0.39, 0.29) is 0 Å². The van der Waals surface area contributed by atoms with Crippen molar-refractivity contribution in [1.82, 2.24) is 19.1 Å². The summed E-state index contributed by atoms with van der Waals surface area (Å²) in [6.45, 7) is 0. The highest BCUT2D eigenvalue weighted by molar-refractivity contribution is 7.99. The monoisotopic (exact) mass is 656 g/mol. The number of benzene rings is 7. The van der Waals surface area contributed by atoms with Crippen molar-refractivity contribution in [2.45, 2.75) is 9.79 Å². The van der Waals surface area contributed by atoms with Crippen LogP contribution >= 0.6 is 11.8 Å². The standard InChI is InChI=1S/C44H24N4OS/c1-2-11-25(12-3-1)47-34-17-7-4-13-26(34)28-21-22-29-30-23-24-31-27-14-5-8-18-35(27)49-43(31)42(30)48(41(29)40(28)47)44-45-33-16-10-20-37-38(33)39(46-44)32-15-6-9-19-36(32)50-37/h1-24H. The Labute approximate surface area is 289 Å². The summed E-state index contributed by atoms with van der Waals surface area (Å²) in [7, 11) is 0. The topological polar surface area (TPSA) is 48.8 Å². The van der Waals surface area contributed by atoms with Gasteiger partial charge < -0.3 is 8.98 Å². The van der Waals surface area contributed by atoms with Crippen molar-refractivity contribution in [3.8, 4) is 22.9 Å². The fourth-order valence-electron chi connectivity index (χ4n) is 8.24. The van der Waals surface area contributed by atoms with Crippen LogP contribution in [0.15, 0.2) is 160 Å². The molecule has 6 heteroatoms. The molecule has 0 N–H and O–H groups in total. The van der Waals surface area contributed by atoms with E-state index in [1.54, 1.807) is 11.8 Å². The molecule has 7 aromatic carbocycles. The average molecular weight is 657 g/mol. The molecule has 12 rings (SSSR count). The number of fused-ring (bicyclic) bond motifs is 13. The molecule has 0 saturated heterocycles. The molecule has 0 fully saturated rings. The van der Waals surface area contributed by atoms with Crippen LogP contribution in [0.1, 0.15) is 0 Å². The molecule has 0 spiro atoms. The average Bonchev–Trinajstić information content (AvgIpc) is 3.83. The predicted molar refractivity (Wildman–Crippen MR) is 205 cm³/mol. The van der Waals surface area contributed by atoms with E-state index in [1.165, 1.54) is 20.6 Å². The number of aromatic nitrogens is 4. The normalized spacial score (nSPS) is 12.7. The lowest BCUT2D eigenvalue weighted by Crippen LogP contribution is -2.06. The maximum Gasteiger partial charge on any atom is 0.236 e. The second kappa shape index (κ2) is 9.62. The SMILES string of the molecule is c1ccc(-n2c3ccccc3c3ccc4c5ccc6c7ccccc7oc6c5n(-c5nc6c7c(cccc7n5)Sc5ccccc5-6)c4c32)cc1. The van der Waals surface area contributed by atoms with E-state index in [2.05, 4.69) is 143 Å². The fraction of sp³-hybridized carbons (Fsp3) is 0. The van der Waals surface area contributed by atoms with Gasteiger partial charge in [-0.1, -0.05) is 109 Å². The molecule has 5 heterocycles. The van der Waals surface area contributed by atoms with E-state index in [0.717, 1.165) is 82.6 Å². The number of nitrogens with zero attached hydrogens (tertiary/aromatic N) is 4. The van der Waals surface area contributed by atoms with Gasteiger partial charge in [-0.3, -0.25) is 4.57 Å². The summed E-state index contributed by atoms with van der Waals surface area (Å²) in [5.41, 5.74) is 10.1. The molecule has 0 aliphatic carbocycles. The Morgan fingerprint density at radius 1 is 0.480 bits per heavy atom. The first-order valence-electron chi connectivity index (χ1n) is 16.8. The number of furan rings is 1. The molecule has 0 bridgehead atoms. The molecule has 1 aliphatic heterocycles. The van der Waals surface area contributed by atoms with Crippen molar-refractivity contribution in [1.29, 1.82) is 0 Å². The smallest absolute Gasteiger partial charge is 0.236 e. The van der Waals surface area contributed by atoms with E-state index in [9.17, 15) is 0 Å². The van der Waals surface area contributed by atoms with Crippen LogP contribution in [0.5, 0.6) is 0 Å². The van der Waals surface area contributed by atoms with E-state index >= 15 is 0 Å². The summed E-state index contributed by atoms with van der Waals surface area (Å²) in [6, 6.07) is 51.6. The molecule has 0 unspecified atom stereocenters. The second-order valence-corrected chi connectivity index (χ2v) is 14.0.